The highest BCUT2D eigenvalue weighted by atomic mass is 35.5. The topological polar surface area (TPSA) is 75.7 Å². The molecule has 1 amide bonds. The van der Waals surface area contributed by atoms with Crippen LogP contribution in [0.25, 0.3) is 0 Å². The number of sulfonamides is 1. The molecule has 0 saturated carbocycles. The van der Waals surface area contributed by atoms with Gasteiger partial charge >= 0.3 is 0 Å². The Bertz CT molecular complexity index is 1000. The van der Waals surface area contributed by atoms with Crippen LogP contribution >= 0.6 is 11.6 Å². The van der Waals surface area contributed by atoms with E-state index in [0.717, 1.165) is 24.8 Å². The third-order valence-corrected chi connectivity index (χ3v) is 7.28. The van der Waals surface area contributed by atoms with Gasteiger partial charge in [0.1, 0.15) is 10.6 Å². The minimum Gasteiger partial charge on any atom is -0.491 e. The monoisotopic (exact) mass is 450 g/mol. The molecule has 0 spiro atoms. The van der Waals surface area contributed by atoms with Gasteiger partial charge in [0.2, 0.25) is 10.0 Å². The summed E-state index contributed by atoms with van der Waals surface area (Å²) in [6, 6.07) is 11.8. The summed E-state index contributed by atoms with van der Waals surface area (Å²) in [7, 11) is -3.73. The molecule has 3 rings (SSSR count). The summed E-state index contributed by atoms with van der Waals surface area (Å²) in [5.74, 6) is 0.332. The first kappa shape index (κ1) is 22.6. The maximum absolute atomic E-state index is 13.0. The summed E-state index contributed by atoms with van der Waals surface area (Å²) < 4.78 is 33.2. The normalized spacial score (nSPS) is 15.2. The van der Waals surface area contributed by atoms with Crippen LogP contribution in [0.15, 0.2) is 47.4 Å². The fourth-order valence-corrected chi connectivity index (χ4v) is 5.40. The van der Waals surface area contributed by atoms with E-state index in [1.807, 2.05) is 38.1 Å². The minimum absolute atomic E-state index is 0.0145. The zero-order valence-electron chi connectivity index (χ0n) is 17.2. The molecule has 1 saturated heterocycles. The summed E-state index contributed by atoms with van der Waals surface area (Å²) in [5.41, 5.74) is 1.09. The molecule has 1 heterocycles. The molecule has 0 aliphatic carbocycles. The predicted molar refractivity (Wildman–Crippen MR) is 117 cm³/mol. The number of ether oxygens (including phenoxy) is 1. The quantitative estimate of drug-likeness (QED) is 0.684. The number of rotatable bonds is 7. The lowest BCUT2D eigenvalue weighted by Gasteiger charge is -2.26. The van der Waals surface area contributed by atoms with Crippen molar-refractivity contribution in [1.29, 1.82) is 0 Å². The number of hydrogen-bond acceptors (Lipinski definition) is 4. The van der Waals surface area contributed by atoms with E-state index in [1.54, 1.807) is 0 Å². The lowest BCUT2D eigenvalue weighted by molar-refractivity contribution is 0.0950. The average Bonchev–Trinajstić information content (AvgIpc) is 2.73. The van der Waals surface area contributed by atoms with Gasteiger partial charge in [-0.1, -0.05) is 36.2 Å². The number of carbonyl (C=O) groups is 1. The van der Waals surface area contributed by atoms with Gasteiger partial charge in [0, 0.05) is 30.8 Å². The Balaban J connectivity index is 1.77. The number of carbonyl (C=O) groups excluding carboxylic acids is 1. The molecule has 0 radical (unpaired) electrons. The van der Waals surface area contributed by atoms with Crippen molar-refractivity contribution < 1.29 is 17.9 Å². The fourth-order valence-electron chi connectivity index (χ4n) is 3.38. The zero-order chi connectivity index (χ0) is 21.7. The second-order valence-corrected chi connectivity index (χ2v) is 9.88. The van der Waals surface area contributed by atoms with E-state index < -0.39 is 10.0 Å². The molecule has 1 fully saturated rings. The van der Waals surface area contributed by atoms with E-state index in [2.05, 4.69) is 5.32 Å². The van der Waals surface area contributed by atoms with Gasteiger partial charge in [0.05, 0.1) is 11.1 Å². The van der Waals surface area contributed by atoms with Gasteiger partial charge in [-0.15, -0.1) is 0 Å². The van der Waals surface area contributed by atoms with Gasteiger partial charge in [-0.2, -0.15) is 4.31 Å². The van der Waals surface area contributed by atoms with E-state index in [1.165, 1.54) is 22.5 Å². The summed E-state index contributed by atoms with van der Waals surface area (Å²) >= 11 is 6.19. The number of piperidine rings is 1. The Kier molecular flexibility index (Phi) is 7.39. The smallest absolute Gasteiger partial charge is 0.251 e. The van der Waals surface area contributed by atoms with Crippen LogP contribution in [0.3, 0.4) is 0 Å². The predicted octanol–water partition coefficient (Wildman–Crippen LogP) is 4.23. The second kappa shape index (κ2) is 9.81. The van der Waals surface area contributed by atoms with Gasteiger partial charge in [0.15, 0.2) is 0 Å². The van der Waals surface area contributed by atoms with Crippen LogP contribution in [0.2, 0.25) is 5.02 Å². The van der Waals surface area contributed by atoms with Crippen molar-refractivity contribution in [1.82, 2.24) is 9.62 Å². The molecule has 6 nitrogen and oxygen atoms in total. The molecule has 2 aromatic rings. The van der Waals surface area contributed by atoms with Crippen molar-refractivity contribution >= 4 is 27.5 Å². The molecule has 0 aromatic heterocycles. The first-order chi connectivity index (χ1) is 14.3. The van der Waals surface area contributed by atoms with Gasteiger partial charge in [0.25, 0.3) is 5.91 Å². The number of amides is 1. The Morgan fingerprint density at radius 2 is 1.83 bits per heavy atom. The second-order valence-electron chi connectivity index (χ2n) is 7.57. The third-order valence-electron chi connectivity index (χ3n) is 4.90. The van der Waals surface area contributed by atoms with Crippen molar-refractivity contribution in [3.05, 3.63) is 58.6 Å². The molecule has 2 aromatic carbocycles. The molecule has 30 heavy (non-hydrogen) atoms. The van der Waals surface area contributed by atoms with Crippen LogP contribution in [0.1, 0.15) is 49.0 Å². The lowest BCUT2D eigenvalue weighted by atomic mass is 10.1. The number of nitrogens with zero attached hydrogens (tertiary/aromatic N) is 1. The van der Waals surface area contributed by atoms with Crippen LogP contribution in [-0.2, 0) is 16.6 Å². The van der Waals surface area contributed by atoms with Gasteiger partial charge in [-0.25, -0.2) is 8.42 Å². The van der Waals surface area contributed by atoms with E-state index in [9.17, 15) is 13.2 Å². The lowest BCUT2D eigenvalue weighted by Crippen LogP contribution is -2.36. The molecule has 0 unspecified atom stereocenters. The molecule has 1 N–H and O–H groups in total. The Morgan fingerprint density at radius 1 is 1.13 bits per heavy atom. The number of hydrogen-bond donors (Lipinski definition) is 1. The summed E-state index contributed by atoms with van der Waals surface area (Å²) in [5, 5.41) is 2.95. The molecule has 1 aliphatic heterocycles. The van der Waals surface area contributed by atoms with E-state index >= 15 is 0 Å². The average molecular weight is 451 g/mol. The SMILES string of the molecule is CC(C)Oc1ccccc1CNC(=O)c1ccc(Cl)c(S(=O)(=O)N2CCCCC2)c1. The maximum Gasteiger partial charge on any atom is 0.251 e. The van der Waals surface area contributed by atoms with Crippen molar-refractivity contribution in [3.8, 4) is 5.75 Å². The largest absolute Gasteiger partial charge is 0.491 e. The van der Waals surface area contributed by atoms with Gasteiger partial charge in [-0.05, 0) is 51.0 Å². The molecule has 1 aliphatic rings. The number of nitrogens with one attached hydrogen (secondary N) is 1. The summed E-state index contributed by atoms with van der Waals surface area (Å²) in [6.07, 6.45) is 2.69. The van der Waals surface area contributed by atoms with Crippen molar-refractivity contribution in [2.75, 3.05) is 13.1 Å². The Hall–Kier alpha value is -2.09. The van der Waals surface area contributed by atoms with Crippen LogP contribution in [0, 0.1) is 0 Å². The standard InChI is InChI=1S/C22H27ClN2O4S/c1-16(2)29-20-9-5-4-8-18(20)15-24-22(26)17-10-11-19(23)21(14-17)30(27,28)25-12-6-3-7-13-25/h4-5,8-11,14,16H,3,6-7,12-13,15H2,1-2H3,(H,24,26). The Morgan fingerprint density at radius 3 is 2.53 bits per heavy atom. The van der Waals surface area contributed by atoms with Crippen LogP contribution < -0.4 is 10.1 Å². The zero-order valence-corrected chi connectivity index (χ0v) is 18.8. The molecular formula is C22H27ClN2O4S. The van der Waals surface area contributed by atoms with Crippen molar-refractivity contribution in [2.24, 2.45) is 0 Å². The van der Waals surface area contributed by atoms with Crippen molar-refractivity contribution in [3.63, 3.8) is 0 Å². The fraction of sp³-hybridized carbons (Fsp3) is 0.409. The Labute approximate surface area is 183 Å². The first-order valence-corrected chi connectivity index (χ1v) is 11.9. The maximum atomic E-state index is 13.0. The van der Waals surface area contributed by atoms with Crippen LogP contribution in [0.4, 0.5) is 0 Å². The highest BCUT2D eigenvalue weighted by molar-refractivity contribution is 7.89. The number of benzene rings is 2. The van der Waals surface area contributed by atoms with Gasteiger partial charge < -0.3 is 10.1 Å². The third kappa shape index (κ3) is 5.33. The van der Waals surface area contributed by atoms with Crippen LogP contribution in [0.5, 0.6) is 5.75 Å². The van der Waals surface area contributed by atoms with E-state index in [0.29, 0.717) is 18.8 Å². The first-order valence-electron chi connectivity index (χ1n) is 10.1. The van der Waals surface area contributed by atoms with E-state index in [4.69, 9.17) is 16.3 Å². The minimum atomic E-state index is -3.73. The van der Waals surface area contributed by atoms with Crippen molar-refractivity contribution in [2.45, 2.75) is 50.7 Å². The summed E-state index contributed by atoms with van der Waals surface area (Å²) in [6.45, 7) is 5.09. The molecule has 8 heteroatoms. The van der Waals surface area contributed by atoms with Crippen LogP contribution in [-0.4, -0.2) is 37.8 Å². The number of para-hydroxylation sites is 1. The highest BCUT2D eigenvalue weighted by Gasteiger charge is 2.28. The van der Waals surface area contributed by atoms with E-state index in [-0.39, 0.29) is 34.0 Å². The molecule has 0 atom stereocenters. The summed E-state index contributed by atoms with van der Waals surface area (Å²) in [4.78, 5) is 12.7. The molecule has 0 bridgehead atoms. The highest BCUT2D eigenvalue weighted by Crippen LogP contribution is 2.28. The molecule has 162 valence electrons. The molecular weight excluding hydrogens is 424 g/mol. The number of halogens is 1. The van der Waals surface area contributed by atoms with Gasteiger partial charge in [-0.3, -0.25) is 4.79 Å².